The van der Waals surface area contributed by atoms with Gasteiger partial charge in [-0.05, 0) is 36.8 Å². The molecule has 0 fully saturated rings. The lowest BCUT2D eigenvalue weighted by Gasteiger charge is -2.32. The predicted octanol–water partition coefficient (Wildman–Crippen LogP) is 3.16. The van der Waals surface area contributed by atoms with Gasteiger partial charge in [0.15, 0.2) is 0 Å². The first-order valence-electron chi connectivity index (χ1n) is 15.5. The number of nitro groups is 2. The number of imide groups is 2. The van der Waals surface area contributed by atoms with Gasteiger partial charge in [0, 0.05) is 84.4 Å². The van der Waals surface area contributed by atoms with Crippen LogP contribution in [0.1, 0.15) is 55.3 Å². The maximum atomic E-state index is 13.4. The molecule has 4 aromatic carbocycles. The van der Waals surface area contributed by atoms with E-state index in [4.69, 9.17) is 4.55 Å². The van der Waals surface area contributed by atoms with E-state index in [9.17, 15) is 47.8 Å². The summed E-state index contributed by atoms with van der Waals surface area (Å²) in [5.74, 6) is -2.15. The minimum Gasteiger partial charge on any atom is -0.313 e. The highest BCUT2D eigenvalue weighted by atomic mass is 32.2. The highest BCUT2D eigenvalue weighted by Gasteiger charge is 2.38. The van der Waals surface area contributed by atoms with Gasteiger partial charge in [-0.1, -0.05) is 24.3 Å². The molecule has 0 aliphatic carbocycles. The van der Waals surface area contributed by atoms with Crippen LogP contribution in [-0.4, -0.2) is 101 Å². The van der Waals surface area contributed by atoms with E-state index < -0.39 is 55.7 Å². The van der Waals surface area contributed by atoms with Crippen molar-refractivity contribution in [3.8, 4) is 0 Å². The number of non-ortho nitro benzene ring substituents is 2. The Labute approximate surface area is 290 Å². The second-order valence-electron chi connectivity index (χ2n) is 12.1. The second-order valence-corrected chi connectivity index (χ2v) is 13.6. The maximum Gasteiger partial charge on any atom is 0.270 e. The van der Waals surface area contributed by atoms with Gasteiger partial charge in [-0.2, -0.15) is 8.42 Å². The van der Waals surface area contributed by atoms with Crippen LogP contribution in [0.2, 0.25) is 0 Å². The largest absolute Gasteiger partial charge is 0.313 e. The van der Waals surface area contributed by atoms with Crippen LogP contribution in [-0.2, 0) is 10.1 Å². The molecule has 3 N–H and O–H groups in total. The third kappa shape index (κ3) is 7.43. The molecule has 0 unspecified atom stereocenters. The molecule has 4 amide bonds. The number of nitrogens with one attached hydrogen (secondary N) is 2. The molecule has 0 spiro atoms. The summed E-state index contributed by atoms with van der Waals surface area (Å²) in [6.45, 7) is 4.74. The van der Waals surface area contributed by atoms with Crippen molar-refractivity contribution in [3.63, 3.8) is 0 Å². The highest BCUT2D eigenvalue weighted by molar-refractivity contribution is 7.85. The maximum absolute atomic E-state index is 13.4. The molecular weight excluding hydrogens is 688 g/mol. The lowest BCUT2D eigenvalue weighted by molar-refractivity contribution is -0.384. The molecule has 2 aliphatic rings. The molecule has 0 bridgehead atoms. The summed E-state index contributed by atoms with van der Waals surface area (Å²) in [6.07, 6.45) is 0.715. The van der Waals surface area contributed by atoms with Crippen molar-refractivity contribution in [1.29, 1.82) is 0 Å². The van der Waals surface area contributed by atoms with Gasteiger partial charge in [0.25, 0.3) is 45.1 Å². The van der Waals surface area contributed by atoms with Gasteiger partial charge in [0.1, 0.15) is 0 Å². The van der Waals surface area contributed by atoms with Crippen molar-refractivity contribution in [2.24, 2.45) is 0 Å². The number of amides is 4. The van der Waals surface area contributed by atoms with Crippen molar-refractivity contribution in [1.82, 2.24) is 20.4 Å². The lowest BCUT2D eigenvalue weighted by atomic mass is 9.92. The SMILES string of the molecule is CS(=O)(=O)O.C[C@H](CNCCNC[C@H](C)N1C(=O)c2cccc3cc([N+](=O)[O-])cc(c23)C1=O)N1C(=O)c2cccc3cc([N+](=O)[O-])cc(c23)C1=O. The van der Waals surface area contributed by atoms with E-state index in [0.29, 0.717) is 52.0 Å². The third-order valence-corrected chi connectivity index (χ3v) is 8.38. The fourth-order valence-corrected chi connectivity index (χ4v) is 6.21. The Morgan fingerprint density at radius 1 is 0.667 bits per heavy atom. The number of nitro benzene ring substituents is 2. The van der Waals surface area contributed by atoms with Crippen molar-refractivity contribution in [3.05, 3.63) is 103 Å². The van der Waals surface area contributed by atoms with Crippen LogP contribution in [0.15, 0.2) is 60.7 Å². The van der Waals surface area contributed by atoms with E-state index in [1.807, 2.05) is 0 Å². The molecule has 0 saturated heterocycles. The Kier molecular flexibility index (Phi) is 10.2. The van der Waals surface area contributed by atoms with Gasteiger partial charge in [-0.25, -0.2) is 0 Å². The van der Waals surface area contributed by atoms with E-state index in [2.05, 4.69) is 10.6 Å². The molecule has 266 valence electrons. The monoisotopic (exact) mass is 720 g/mol. The number of carbonyl (C=O) groups is 4. The minimum absolute atomic E-state index is 0.108. The molecule has 18 heteroatoms. The van der Waals surface area contributed by atoms with Crippen molar-refractivity contribution < 1.29 is 42.0 Å². The van der Waals surface area contributed by atoms with E-state index in [0.717, 1.165) is 9.80 Å². The van der Waals surface area contributed by atoms with Crippen LogP contribution < -0.4 is 10.6 Å². The molecule has 6 rings (SSSR count). The first-order chi connectivity index (χ1) is 24.0. The standard InChI is InChI=1S/C32H28N6O8.CH4O3S/c1-17(35-29(39)23-7-3-5-19-11-21(37(43)44)13-25(27(19)23)31(35)41)15-33-9-10-34-16-18(2)36-30(40)24-8-4-6-20-12-22(38(45)46)14-26(28(20)24)32(36)42;1-5(2,3)4/h3-8,11-14,17-18,33-34H,9-10,15-16H2,1-2H3;1H3,(H,2,3,4)/t17-,18+;. The van der Waals surface area contributed by atoms with Crippen LogP contribution in [0.4, 0.5) is 11.4 Å². The average Bonchev–Trinajstić information content (AvgIpc) is 3.06. The molecule has 51 heavy (non-hydrogen) atoms. The molecule has 2 aliphatic heterocycles. The number of rotatable bonds is 11. The molecule has 2 atom stereocenters. The number of hydrogen-bond acceptors (Lipinski definition) is 12. The Hall–Kier alpha value is -5.69. The third-order valence-electron chi connectivity index (χ3n) is 8.38. The summed E-state index contributed by atoms with van der Waals surface area (Å²) in [5, 5.41) is 31.0. The Morgan fingerprint density at radius 2 is 1.00 bits per heavy atom. The zero-order valence-corrected chi connectivity index (χ0v) is 28.3. The molecule has 17 nitrogen and oxygen atoms in total. The number of nitrogens with zero attached hydrogens (tertiary/aromatic N) is 4. The van der Waals surface area contributed by atoms with Gasteiger partial charge in [0.05, 0.1) is 27.2 Å². The van der Waals surface area contributed by atoms with Crippen molar-refractivity contribution >= 4 is 66.7 Å². The fourth-order valence-electron chi connectivity index (χ4n) is 6.21. The number of carbonyl (C=O) groups excluding carboxylic acids is 4. The molecular formula is C33H32N6O11S. The first-order valence-corrected chi connectivity index (χ1v) is 17.4. The minimum atomic E-state index is -3.67. The van der Waals surface area contributed by atoms with E-state index in [-0.39, 0.29) is 35.6 Å². The van der Waals surface area contributed by atoms with Gasteiger partial charge in [-0.3, -0.25) is 53.8 Å². The molecule has 4 aromatic rings. The summed E-state index contributed by atoms with van der Waals surface area (Å²) >= 11 is 0. The van der Waals surface area contributed by atoms with Gasteiger partial charge < -0.3 is 10.6 Å². The van der Waals surface area contributed by atoms with Crippen molar-refractivity contribution in [2.45, 2.75) is 25.9 Å². The molecule has 2 heterocycles. The van der Waals surface area contributed by atoms with E-state index >= 15 is 0 Å². The fraction of sp³-hybridized carbons (Fsp3) is 0.273. The molecule has 0 saturated carbocycles. The summed E-state index contributed by atoms with van der Waals surface area (Å²) in [6, 6.07) is 13.7. The summed E-state index contributed by atoms with van der Waals surface area (Å²) in [4.78, 5) is 77.4. The Balaban J connectivity index is 0.000000943. The van der Waals surface area contributed by atoms with E-state index in [1.165, 1.54) is 24.3 Å². The zero-order chi connectivity index (χ0) is 37.4. The first kappa shape index (κ1) is 36.6. The topological polar surface area (TPSA) is 239 Å². The number of benzene rings is 4. The second kappa shape index (κ2) is 14.3. The van der Waals surface area contributed by atoms with Crippen LogP contribution in [0.3, 0.4) is 0 Å². The summed E-state index contributed by atoms with van der Waals surface area (Å²) in [5.41, 5.74) is 0.363. The Bertz CT molecular complexity index is 2110. The summed E-state index contributed by atoms with van der Waals surface area (Å²) in [7, 11) is -3.67. The highest BCUT2D eigenvalue weighted by Crippen LogP contribution is 2.35. The van der Waals surface area contributed by atoms with Crippen LogP contribution in [0.5, 0.6) is 0 Å². The summed E-state index contributed by atoms with van der Waals surface area (Å²) < 4.78 is 25.9. The van der Waals surface area contributed by atoms with Crippen LogP contribution in [0, 0.1) is 20.2 Å². The average molecular weight is 721 g/mol. The van der Waals surface area contributed by atoms with Gasteiger partial charge in [0.2, 0.25) is 0 Å². The van der Waals surface area contributed by atoms with Crippen LogP contribution in [0.25, 0.3) is 21.5 Å². The quantitative estimate of drug-likeness (QED) is 0.0664. The van der Waals surface area contributed by atoms with Gasteiger partial charge in [-0.15, -0.1) is 0 Å². The smallest absolute Gasteiger partial charge is 0.270 e. The Morgan fingerprint density at radius 3 is 1.33 bits per heavy atom. The molecule has 0 radical (unpaired) electrons. The van der Waals surface area contributed by atoms with Gasteiger partial charge >= 0.3 is 0 Å². The van der Waals surface area contributed by atoms with E-state index in [1.54, 1.807) is 50.2 Å². The lowest BCUT2D eigenvalue weighted by Crippen LogP contribution is -2.51. The zero-order valence-electron chi connectivity index (χ0n) is 27.5. The van der Waals surface area contributed by atoms with Crippen molar-refractivity contribution in [2.75, 3.05) is 32.4 Å². The predicted molar refractivity (Wildman–Crippen MR) is 184 cm³/mol. The normalized spacial score (nSPS) is 15.1. The number of hydrogen-bond donors (Lipinski definition) is 3. The molecule has 0 aromatic heterocycles. The van der Waals surface area contributed by atoms with Crippen LogP contribution >= 0.6 is 0 Å².